The van der Waals surface area contributed by atoms with E-state index in [4.69, 9.17) is 0 Å². The molecule has 1 aromatic carbocycles. The van der Waals surface area contributed by atoms with E-state index in [1.165, 1.54) is 21.6 Å². The Morgan fingerprint density at radius 2 is 1.92 bits per heavy atom. The van der Waals surface area contributed by atoms with Crippen molar-refractivity contribution < 1.29 is 13.9 Å². The van der Waals surface area contributed by atoms with E-state index in [-0.39, 0.29) is 24.4 Å². The van der Waals surface area contributed by atoms with Crippen LogP contribution in [0.5, 0.6) is 0 Å². The fourth-order valence-corrected chi connectivity index (χ4v) is 2.53. The standard InChI is InChI=1S/C17H16F2N4O2/c1-10-11(2)20-23(17(25)14(10)9-24)8-13-5-6-22(21-13)16-4-3-12(18)7-15(16)19/h3-7,24H,8-9H2,1-2H3. The van der Waals surface area contributed by atoms with E-state index in [0.717, 1.165) is 12.1 Å². The molecule has 0 saturated heterocycles. The van der Waals surface area contributed by atoms with Gasteiger partial charge in [0.25, 0.3) is 5.56 Å². The maximum Gasteiger partial charge on any atom is 0.272 e. The van der Waals surface area contributed by atoms with E-state index in [1.54, 1.807) is 19.9 Å². The molecule has 6 nitrogen and oxygen atoms in total. The van der Waals surface area contributed by atoms with Crippen LogP contribution < -0.4 is 5.56 Å². The van der Waals surface area contributed by atoms with Crippen LogP contribution in [0, 0.1) is 25.5 Å². The third-order valence-electron chi connectivity index (χ3n) is 4.03. The van der Waals surface area contributed by atoms with E-state index in [1.807, 2.05) is 0 Å². The van der Waals surface area contributed by atoms with Gasteiger partial charge in [-0.2, -0.15) is 10.2 Å². The zero-order chi connectivity index (χ0) is 18.1. The van der Waals surface area contributed by atoms with Crippen molar-refractivity contribution in [2.75, 3.05) is 0 Å². The van der Waals surface area contributed by atoms with Crippen LogP contribution in [0.2, 0.25) is 0 Å². The Bertz CT molecular complexity index is 995. The summed E-state index contributed by atoms with van der Waals surface area (Å²) in [6.45, 7) is 3.18. The second kappa shape index (κ2) is 6.56. The summed E-state index contributed by atoms with van der Waals surface area (Å²) < 4.78 is 29.3. The Kier molecular flexibility index (Phi) is 4.45. The molecule has 0 aliphatic heterocycles. The zero-order valence-corrected chi connectivity index (χ0v) is 13.7. The van der Waals surface area contributed by atoms with Crippen molar-refractivity contribution in [2.45, 2.75) is 27.0 Å². The number of hydrogen-bond donors (Lipinski definition) is 1. The van der Waals surface area contributed by atoms with Gasteiger partial charge in [-0.05, 0) is 37.6 Å². The van der Waals surface area contributed by atoms with Gasteiger partial charge in [0.2, 0.25) is 0 Å². The highest BCUT2D eigenvalue weighted by atomic mass is 19.1. The summed E-state index contributed by atoms with van der Waals surface area (Å²) in [4.78, 5) is 12.3. The SMILES string of the molecule is Cc1nn(Cc2ccn(-c3ccc(F)cc3F)n2)c(=O)c(CO)c1C. The maximum absolute atomic E-state index is 13.8. The summed E-state index contributed by atoms with van der Waals surface area (Å²) in [5, 5.41) is 17.8. The molecule has 130 valence electrons. The van der Waals surface area contributed by atoms with E-state index < -0.39 is 17.2 Å². The van der Waals surface area contributed by atoms with Crippen LogP contribution in [0.15, 0.2) is 35.3 Å². The molecule has 0 radical (unpaired) electrons. The normalized spacial score (nSPS) is 11.1. The number of benzene rings is 1. The van der Waals surface area contributed by atoms with E-state index in [9.17, 15) is 18.7 Å². The summed E-state index contributed by atoms with van der Waals surface area (Å²) in [5.74, 6) is -1.41. The molecule has 0 spiro atoms. The topological polar surface area (TPSA) is 72.9 Å². The Morgan fingerprint density at radius 1 is 1.16 bits per heavy atom. The highest BCUT2D eigenvalue weighted by molar-refractivity contribution is 5.33. The first-order valence-electron chi connectivity index (χ1n) is 7.58. The van der Waals surface area contributed by atoms with E-state index in [0.29, 0.717) is 17.0 Å². The van der Waals surface area contributed by atoms with Gasteiger partial charge in [0.1, 0.15) is 11.5 Å². The Balaban J connectivity index is 1.95. The maximum atomic E-state index is 13.8. The lowest BCUT2D eigenvalue weighted by atomic mass is 10.1. The zero-order valence-electron chi connectivity index (χ0n) is 13.7. The molecule has 3 aromatic rings. The summed E-state index contributed by atoms with van der Waals surface area (Å²) in [6, 6.07) is 4.82. The van der Waals surface area contributed by atoms with Gasteiger partial charge in [-0.25, -0.2) is 18.1 Å². The molecule has 3 rings (SSSR count). The lowest BCUT2D eigenvalue weighted by Gasteiger charge is -2.10. The highest BCUT2D eigenvalue weighted by Gasteiger charge is 2.13. The molecule has 0 unspecified atom stereocenters. The van der Waals surface area contributed by atoms with Crippen LogP contribution in [-0.2, 0) is 13.2 Å². The van der Waals surface area contributed by atoms with Gasteiger partial charge in [-0.1, -0.05) is 0 Å². The minimum Gasteiger partial charge on any atom is -0.391 e. The predicted octanol–water partition coefficient (Wildman–Crippen LogP) is 1.86. The van der Waals surface area contributed by atoms with Gasteiger partial charge in [-0.3, -0.25) is 4.79 Å². The Labute approximate surface area is 142 Å². The van der Waals surface area contributed by atoms with Crippen LogP contribution >= 0.6 is 0 Å². The summed E-state index contributed by atoms with van der Waals surface area (Å²) in [6.07, 6.45) is 1.52. The van der Waals surface area contributed by atoms with Crippen molar-refractivity contribution >= 4 is 0 Å². The molecule has 0 aliphatic carbocycles. The molecule has 0 atom stereocenters. The molecule has 2 heterocycles. The van der Waals surface area contributed by atoms with Crippen molar-refractivity contribution in [2.24, 2.45) is 0 Å². The number of halogens is 2. The minimum absolute atomic E-state index is 0.0722. The fourth-order valence-electron chi connectivity index (χ4n) is 2.53. The van der Waals surface area contributed by atoms with Crippen LogP contribution in [0.1, 0.15) is 22.5 Å². The monoisotopic (exact) mass is 346 g/mol. The number of aliphatic hydroxyl groups is 1. The Hall–Kier alpha value is -2.87. The van der Waals surface area contributed by atoms with Gasteiger partial charge in [0.15, 0.2) is 5.82 Å². The summed E-state index contributed by atoms with van der Waals surface area (Å²) in [7, 11) is 0. The smallest absolute Gasteiger partial charge is 0.272 e. The number of aliphatic hydroxyl groups excluding tert-OH is 1. The molecule has 0 aliphatic rings. The molecule has 0 fully saturated rings. The number of nitrogens with zero attached hydrogens (tertiary/aromatic N) is 4. The number of aromatic nitrogens is 4. The van der Waals surface area contributed by atoms with Crippen LogP contribution in [0.25, 0.3) is 5.69 Å². The van der Waals surface area contributed by atoms with Crippen molar-refractivity contribution in [3.63, 3.8) is 0 Å². The number of aryl methyl sites for hydroxylation is 1. The quantitative estimate of drug-likeness (QED) is 0.783. The van der Waals surface area contributed by atoms with Gasteiger partial charge in [0, 0.05) is 17.8 Å². The molecule has 0 saturated carbocycles. The predicted molar refractivity (Wildman–Crippen MR) is 86.5 cm³/mol. The third kappa shape index (κ3) is 3.20. The van der Waals surface area contributed by atoms with Crippen LogP contribution in [0.3, 0.4) is 0 Å². The lowest BCUT2D eigenvalue weighted by molar-refractivity contribution is 0.277. The third-order valence-corrected chi connectivity index (χ3v) is 4.03. The summed E-state index contributed by atoms with van der Waals surface area (Å²) in [5.41, 5.74) is 1.76. The van der Waals surface area contributed by atoms with Gasteiger partial charge in [0.05, 0.1) is 24.5 Å². The van der Waals surface area contributed by atoms with Crippen molar-refractivity contribution in [1.82, 2.24) is 19.6 Å². The van der Waals surface area contributed by atoms with Crippen LogP contribution in [-0.4, -0.2) is 24.7 Å². The minimum atomic E-state index is -0.737. The lowest BCUT2D eigenvalue weighted by Crippen LogP contribution is -2.29. The van der Waals surface area contributed by atoms with Crippen molar-refractivity contribution in [3.05, 3.63) is 75.0 Å². The van der Waals surface area contributed by atoms with Crippen molar-refractivity contribution in [1.29, 1.82) is 0 Å². The summed E-state index contributed by atoms with van der Waals surface area (Å²) >= 11 is 0. The second-order valence-electron chi connectivity index (χ2n) is 5.66. The highest BCUT2D eigenvalue weighted by Crippen LogP contribution is 2.14. The average molecular weight is 346 g/mol. The molecule has 0 amide bonds. The fraction of sp³-hybridized carbons (Fsp3) is 0.235. The van der Waals surface area contributed by atoms with Crippen LogP contribution in [0.4, 0.5) is 8.78 Å². The average Bonchev–Trinajstić information content (AvgIpc) is 3.01. The van der Waals surface area contributed by atoms with E-state index in [2.05, 4.69) is 10.2 Å². The molecule has 25 heavy (non-hydrogen) atoms. The number of rotatable bonds is 4. The first-order valence-corrected chi connectivity index (χ1v) is 7.58. The first kappa shape index (κ1) is 17.0. The van der Waals surface area contributed by atoms with Gasteiger partial charge < -0.3 is 5.11 Å². The van der Waals surface area contributed by atoms with E-state index >= 15 is 0 Å². The molecule has 1 N–H and O–H groups in total. The second-order valence-corrected chi connectivity index (χ2v) is 5.66. The molecule has 0 bridgehead atoms. The van der Waals surface area contributed by atoms with Gasteiger partial charge >= 0.3 is 0 Å². The largest absolute Gasteiger partial charge is 0.391 e. The molecule has 8 heteroatoms. The first-order chi connectivity index (χ1) is 11.9. The molecule has 2 aromatic heterocycles. The molecular weight excluding hydrogens is 330 g/mol. The van der Waals surface area contributed by atoms with Gasteiger partial charge in [-0.15, -0.1) is 0 Å². The molecular formula is C17H16F2N4O2. The Morgan fingerprint density at radius 3 is 2.60 bits per heavy atom. The van der Waals surface area contributed by atoms with Crippen molar-refractivity contribution in [3.8, 4) is 5.69 Å². The number of hydrogen-bond acceptors (Lipinski definition) is 4.